The van der Waals surface area contributed by atoms with Crippen molar-refractivity contribution in [1.29, 1.82) is 0 Å². The van der Waals surface area contributed by atoms with Crippen LogP contribution < -0.4 is 10.5 Å². The Morgan fingerprint density at radius 1 is 1.43 bits per heavy atom. The van der Waals surface area contributed by atoms with Crippen molar-refractivity contribution in [3.63, 3.8) is 0 Å². The third kappa shape index (κ3) is 2.96. The maximum Gasteiger partial charge on any atom is 0.272 e. The molecule has 1 aliphatic rings. The zero-order valence-electron chi connectivity index (χ0n) is 13.5. The third-order valence-corrected chi connectivity index (χ3v) is 4.11. The minimum atomic E-state index is -0.173. The normalized spacial score (nSPS) is 17.5. The summed E-state index contributed by atoms with van der Waals surface area (Å²) in [5.74, 6) is 0.546. The molecule has 1 saturated heterocycles. The number of aromatic amines is 2. The molecule has 1 aliphatic heterocycles. The van der Waals surface area contributed by atoms with Crippen LogP contribution in [-0.2, 0) is 0 Å². The number of likely N-dealkylation sites (tertiary alicyclic amines) is 1. The number of rotatable bonds is 3. The van der Waals surface area contributed by atoms with Gasteiger partial charge in [-0.3, -0.25) is 19.7 Å². The Labute approximate surface area is 133 Å². The zero-order chi connectivity index (χ0) is 16.6. The number of amides is 1. The van der Waals surface area contributed by atoms with Crippen LogP contribution in [0, 0.1) is 6.92 Å². The van der Waals surface area contributed by atoms with E-state index in [1.165, 1.54) is 6.07 Å². The lowest BCUT2D eigenvalue weighted by Crippen LogP contribution is -2.29. The van der Waals surface area contributed by atoms with Gasteiger partial charge in [0.2, 0.25) is 5.95 Å². The number of hydrogen-bond donors (Lipinski definition) is 2. The number of carbonyl (C=O) groups is 1. The van der Waals surface area contributed by atoms with Crippen LogP contribution in [0.2, 0.25) is 0 Å². The number of anilines is 1. The van der Waals surface area contributed by atoms with Crippen LogP contribution in [0.25, 0.3) is 0 Å². The largest absolute Gasteiger partial charge is 0.348 e. The Morgan fingerprint density at radius 3 is 2.87 bits per heavy atom. The molecule has 0 aliphatic carbocycles. The van der Waals surface area contributed by atoms with Gasteiger partial charge in [0, 0.05) is 39.2 Å². The summed E-state index contributed by atoms with van der Waals surface area (Å²) in [6.07, 6.45) is 2.44. The van der Waals surface area contributed by atoms with Gasteiger partial charge in [0.1, 0.15) is 5.69 Å². The zero-order valence-corrected chi connectivity index (χ0v) is 13.5. The van der Waals surface area contributed by atoms with Crippen LogP contribution in [0.5, 0.6) is 0 Å². The topological polar surface area (TPSA) is 98.0 Å². The highest BCUT2D eigenvalue weighted by molar-refractivity contribution is 5.93. The Kier molecular flexibility index (Phi) is 3.89. The Bertz CT molecular complexity index is 778. The Balaban J connectivity index is 1.79. The van der Waals surface area contributed by atoms with Crippen molar-refractivity contribution >= 4 is 11.9 Å². The highest BCUT2D eigenvalue weighted by Gasteiger charge is 2.30. The number of aryl methyl sites for hydroxylation is 1. The minimum Gasteiger partial charge on any atom is -0.348 e. The highest BCUT2D eigenvalue weighted by Crippen LogP contribution is 2.27. The first-order valence-electron chi connectivity index (χ1n) is 7.53. The Hall–Kier alpha value is -2.64. The molecule has 2 aromatic rings. The van der Waals surface area contributed by atoms with Gasteiger partial charge in [-0.2, -0.15) is 5.10 Å². The molecular weight excluding hydrogens is 296 g/mol. The average Bonchev–Trinajstić information content (AvgIpc) is 3.14. The molecule has 2 aromatic heterocycles. The van der Waals surface area contributed by atoms with E-state index in [1.807, 2.05) is 21.0 Å². The first kappa shape index (κ1) is 15.3. The van der Waals surface area contributed by atoms with E-state index < -0.39 is 0 Å². The second-order valence-electron chi connectivity index (χ2n) is 6.05. The number of nitrogens with zero attached hydrogens (tertiary/aromatic N) is 4. The van der Waals surface area contributed by atoms with Gasteiger partial charge in [0.25, 0.3) is 11.5 Å². The molecule has 8 heteroatoms. The van der Waals surface area contributed by atoms with Crippen molar-refractivity contribution in [2.75, 3.05) is 32.1 Å². The van der Waals surface area contributed by atoms with E-state index in [2.05, 4.69) is 20.2 Å². The molecule has 1 amide bonds. The van der Waals surface area contributed by atoms with Gasteiger partial charge in [-0.05, 0) is 18.9 Å². The molecule has 0 spiro atoms. The van der Waals surface area contributed by atoms with Gasteiger partial charge in [-0.1, -0.05) is 0 Å². The SMILES string of the molecule is Cc1cn[nH]c1C(=O)N1CCC(c2cc(=O)[nH]c(N(C)C)n2)C1. The van der Waals surface area contributed by atoms with Crippen molar-refractivity contribution in [3.05, 3.63) is 39.6 Å². The molecule has 0 radical (unpaired) electrons. The summed E-state index contributed by atoms with van der Waals surface area (Å²) in [6.45, 7) is 3.06. The summed E-state index contributed by atoms with van der Waals surface area (Å²) in [5.41, 5.74) is 1.92. The smallest absolute Gasteiger partial charge is 0.272 e. The van der Waals surface area contributed by atoms with Gasteiger partial charge in [0.15, 0.2) is 0 Å². The van der Waals surface area contributed by atoms with Crippen LogP contribution >= 0.6 is 0 Å². The summed E-state index contributed by atoms with van der Waals surface area (Å²) in [6, 6.07) is 1.52. The monoisotopic (exact) mass is 316 g/mol. The molecule has 0 saturated carbocycles. The summed E-state index contributed by atoms with van der Waals surface area (Å²) in [7, 11) is 3.65. The molecule has 0 bridgehead atoms. The molecule has 2 N–H and O–H groups in total. The average molecular weight is 316 g/mol. The Morgan fingerprint density at radius 2 is 2.22 bits per heavy atom. The van der Waals surface area contributed by atoms with Gasteiger partial charge < -0.3 is 9.80 Å². The maximum absolute atomic E-state index is 12.5. The summed E-state index contributed by atoms with van der Waals surface area (Å²) >= 11 is 0. The fourth-order valence-electron chi connectivity index (χ4n) is 2.79. The van der Waals surface area contributed by atoms with Crippen molar-refractivity contribution in [2.24, 2.45) is 0 Å². The lowest BCUT2D eigenvalue weighted by molar-refractivity contribution is 0.0784. The van der Waals surface area contributed by atoms with Crippen molar-refractivity contribution < 1.29 is 4.79 Å². The van der Waals surface area contributed by atoms with Crippen LogP contribution in [0.1, 0.15) is 34.1 Å². The maximum atomic E-state index is 12.5. The molecule has 1 atom stereocenters. The highest BCUT2D eigenvalue weighted by atomic mass is 16.2. The van der Waals surface area contributed by atoms with Gasteiger partial charge in [-0.25, -0.2) is 4.98 Å². The number of hydrogen-bond acceptors (Lipinski definition) is 5. The lowest BCUT2D eigenvalue weighted by atomic mass is 10.1. The van der Waals surface area contributed by atoms with Crippen LogP contribution in [-0.4, -0.2) is 58.2 Å². The second kappa shape index (κ2) is 5.86. The number of H-pyrrole nitrogens is 2. The number of aromatic nitrogens is 4. The van der Waals surface area contributed by atoms with E-state index in [4.69, 9.17) is 0 Å². The number of nitrogens with one attached hydrogen (secondary N) is 2. The van der Waals surface area contributed by atoms with Crippen molar-refractivity contribution in [2.45, 2.75) is 19.3 Å². The van der Waals surface area contributed by atoms with Crippen LogP contribution in [0.15, 0.2) is 17.1 Å². The van der Waals surface area contributed by atoms with Crippen LogP contribution in [0.3, 0.4) is 0 Å². The molecular formula is C15H20N6O2. The second-order valence-corrected chi connectivity index (χ2v) is 6.05. The van der Waals surface area contributed by atoms with Gasteiger partial charge in [0.05, 0.1) is 11.9 Å². The van der Waals surface area contributed by atoms with E-state index in [9.17, 15) is 9.59 Å². The fraction of sp³-hybridized carbons (Fsp3) is 0.467. The molecule has 3 heterocycles. The van der Waals surface area contributed by atoms with E-state index in [1.54, 1.807) is 16.0 Å². The predicted octanol–water partition coefficient (Wildman–Crippen LogP) is 0.497. The molecule has 1 unspecified atom stereocenters. The lowest BCUT2D eigenvalue weighted by Gasteiger charge is -2.17. The van der Waals surface area contributed by atoms with E-state index >= 15 is 0 Å². The minimum absolute atomic E-state index is 0.0554. The third-order valence-electron chi connectivity index (χ3n) is 4.11. The molecule has 1 fully saturated rings. The van der Waals surface area contributed by atoms with E-state index in [-0.39, 0.29) is 17.4 Å². The quantitative estimate of drug-likeness (QED) is 0.859. The van der Waals surface area contributed by atoms with Crippen molar-refractivity contribution in [1.82, 2.24) is 25.1 Å². The van der Waals surface area contributed by atoms with Gasteiger partial charge >= 0.3 is 0 Å². The summed E-state index contributed by atoms with van der Waals surface area (Å²) in [4.78, 5) is 35.1. The summed E-state index contributed by atoms with van der Waals surface area (Å²) in [5, 5.41) is 6.65. The molecule has 122 valence electrons. The summed E-state index contributed by atoms with van der Waals surface area (Å²) < 4.78 is 0. The molecule has 23 heavy (non-hydrogen) atoms. The van der Waals surface area contributed by atoms with Crippen molar-refractivity contribution in [3.8, 4) is 0 Å². The van der Waals surface area contributed by atoms with E-state index in [0.717, 1.165) is 17.7 Å². The molecule has 3 rings (SSSR count). The van der Waals surface area contributed by atoms with E-state index in [0.29, 0.717) is 24.7 Å². The number of carbonyl (C=O) groups excluding carboxylic acids is 1. The predicted molar refractivity (Wildman–Crippen MR) is 85.8 cm³/mol. The van der Waals surface area contributed by atoms with Crippen LogP contribution in [0.4, 0.5) is 5.95 Å². The fourth-order valence-corrected chi connectivity index (χ4v) is 2.79. The first-order chi connectivity index (χ1) is 11.0. The molecule has 8 nitrogen and oxygen atoms in total. The molecule has 0 aromatic carbocycles. The standard InChI is InChI=1S/C15H20N6O2/c1-9-7-16-19-13(9)14(23)21-5-4-10(8-21)11-6-12(22)18-15(17-11)20(2)3/h6-7,10H,4-5,8H2,1-3H3,(H,16,19)(H,17,18,22). The first-order valence-corrected chi connectivity index (χ1v) is 7.53. The van der Waals surface area contributed by atoms with Gasteiger partial charge in [-0.15, -0.1) is 0 Å².